The van der Waals surface area contributed by atoms with Gasteiger partial charge < -0.3 is 9.73 Å². The van der Waals surface area contributed by atoms with Crippen LogP contribution in [0.1, 0.15) is 32.1 Å². The van der Waals surface area contributed by atoms with Crippen molar-refractivity contribution in [2.75, 3.05) is 5.32 Å². The highest BCUT2D eigenvalue weighted by Crippen LogP contribution is 2.27. The topological polar surface area (TPSA) is 68.0 Å². The molecule has 1 aromatic heterocycles. The zero-order chi connectivity index (χ0) is 17.8. The van der Waals surface area contributed by atoms with Crippen LogP contribution in [0.2, 0.25) is 0 Å². The molecule has 0 spiro atoms. The summed E-state index contributed by atoms with van der Waals surface area (Å²) in [5.41, 5.74) is 2.52. The molecule has 0 aliphatic heterocycles. The van der Waals surface area contributed by atoms with E-state index in [1.54, 1.807) is 0 Å². The van der Waals surface area contributed by atoms with Gasteiger partial charge in [-0.1, -0.05) is 37.5 Å². The van der Waals surface area contributed by atoms with Crippen LogP contribution < -0.4 is 5.32 Å². The molecule has 2 aromatic carbocycles. The standard InChI is InChI=1S/C21H21N3O2/c25-19(15-7-3-1-4-8-15)22-18-13-11-17(12-14-18)21-24-23-20(26-21)16-9-5-2-6-10-16/h2,5-6,9-15H,1,3-4,7-8H2,(H,22,25). The molecule has 0 saturated heterocycles. The minimum atomic E-state index is 0.126. The second kappa shape index (κ2) is 7.52. The molecule has 1 saturated carbocycles. The average Bonchev–Trinajstić information content (AvgIpc) is 3.20. The molecule has 1 amide bonds. The zero-order valence-electron chi connectivity index (χ0n) is 14.5. The van der Waals surface area contributed by atoms with Crippen LogP contribution in [0.15, 0.2) is 59.0 Å². The second-order valence-corrected chi connectivity index (χ2v) is 6.68. The first kappa shape index (κ1) is 16.5. The van der Waals surface area contributed by atoms with E-state index in [1.165, 1.54) is 6.42 Å². The van der Waals surface area contributed by atoms with Gasteiger partial charge in [0.25, 0.3) is 0 Å². The molecule has 1 heterocycles. The zero-order valence-corrected chi connectivity index (χ0v) is 14.5. The van der Waals surface area contributed by atoms with E-state index in [2.05, 4.69) is 15.5 Å². The fourth-order valence-corrected chi connectivity index (χ4v) is 3.34. The van der Waals surface area contributed by atoms with E-state index in [-0.39, 0.29) is 11.8 Å². The van der Waals surface area contributed by atoms with Crippen molar-refractivity contribution >= 4 is 11.6 Å². The van der Waals surface area contributed by atoms with Crippen LogP contribution in [-0.2, 0) is 4.79 Å². The molecule has 3 aromatic rings. The van der Waals surface area contributed by atoms with E-state index in [0.717, 1.165) is 42.5 Å². The van der Waals surface area contributed by atoms with E-state index in [0.29, 0.717) is 11.8 Å². The minimum Gasteiger partial charge on any atom is -0.416 e. The number of benzene rings is 2. The van der Waals surface area contributed by atoms with Gasteiger partial charge in [-0.15, -0.1) is 10.2 Å². The van der Waals surface area contributed by atoms with Crippen LogP contribution in [0.3, 0.4) is 0 Å². The van der Waals surface area contributed by atoms with Gasteiger partial charge in [0, 0.05) is 22.7 Å². The lowest BCUT2D eigenvalue weighted by Gasteiger charge is -2.20. The Kier molecular flexibility index (Phi) is 4.78. The fraction of sp³-hybridized carbons (Fsp3) is 0.286. The van der Waals surface area contributed by atoms with Crippen LogP contribution in [-0.4, -0.2) is 16.1 Å². The van der Waals surface area contributed by atoms with Gasteiger partial charge in [0.1, 0.15) is 0 Å². The molecule has 0 bridgehead atoms. The molecular formula is C21H21N3O2. The van der Waals surface area contributed by atoms with Crippen molar-refractivity contribution < 1.29 is 9.21 Å². The molecule has 0 atom stereocenters. The Morgan fingerprint density at radius 1 is 0.846 bits per heavy atom. The van der Waals surface area contributed by atoms with E-state index in [4.69, 9.17) is 4.42 Å². The molecule has 4 rings (SSSR count). The van der Waals surface area contributed by atoms with Crippen molar-refractivity contribution in [1.82, 2.24) is 10.2 Å². The van der Waals surface area contributed by atoms with Gasteiger partial charge in [0.05, 0.1) is 0 Å². The number of hydrogen-bond donors (Lipinski definition) is 1. The summed E-state index contributed by atoms with van der Waals surface area (Å²) in [5, 5.41) is 11.2. The first-order chi connectivity index (χ1) is 12.8. The number of hydrogen-bond acceptors (Lipinski definition) is 4. The smallest absolute Gasteiger partial charge is 0.248 e. The van der Waals surface area contributed by atoms with Crippen molar-refractivity contribution in [3.05, 3.63) is 54.6 Å². The highest BCUT2D eigenvalue weighted by molar-refractivity contribution is 5.92. The Morgan fingerprint density at radius 3 is 2.12 bits per heavy atom. The molecule has 26 heavy (non-hydrogen) atoms. The lowest BCUT2D eigenvalue weighted by Crippen LogP contribution is -2.24. The SMILES string of the molecule is O=C(Nc1ccc(-c2nnc(-c3ccccc3)o2)cc1)C1CCCCC1. The Bertz CT molecular complexity index is 866. The summed E-state index contributed by atoms with van der Waals surface area (Å²) in [7, 11) is 0. The van der Waals surface area contributed by atoms with Crippen molar-refractivity contribution in [3.8, 4) is 22.9 Å². The summed E-state index contributed by atoms with van der Waals surface area (Å²) in [6.45, 7) is 0. The number of nitrogens with one attached hydrogen (secondary N) is 1. The summed E-state index contributed by atoms with van der Waals surface area (Å²) in [5.74, 6) is 1.23. The number of amides is 1. The first-order valence-corrected chi connectivity index (χ1v) is 9.10. The van der Waals surface area contributed by atoms with E-state index >= 15 is 0 Å². The Morgan fingerprint density at radius 2 is 1.46 bits per heavy atom. The molecule has 1 aliphatic carbocycles. The Balaban J connectivity index is 1.44. The Hall–Kier alpha value is -2.95. The van der Waals surface area contributed by atoms with Crippen LogP contribution in [0, 0.1) is 5.92 Å². The fourth-order valence-electron chi connectivity index (χ4n) is 3.34. The number of carbonyl (C=O) groups excluding carboxylic acids is 1. The van der Waals surface area contributed by atoms with Gasteiger partial charge in [-0.2, -0.15) is 0 Å². The molecule has 1 N–H and O–H groups in total. The summed E-state index contributed by atoms with van der Waals surface area (Å²) in [6, 6.07) is 17.2. The number of aromatic nitrogens is 2. The highest BCUT2D eigenvalue weighted by atomic mass is 16.4. The van der Waals surface area contributed by atoms with Crippen LogP contribution in [0.4, 0.5) is 5.69 Å². The van der Waals surface area contributed by atoms with Gasteiger partial charge >= 0.3 is 0 Å². The largest absolute Gasteiger partial charge is 0.416 e. The molecular weight excluding hydrogens is 326 g/mol. The lowest BCUT2D eigenvalue weighted by atomic mass is 9.88. The van der Waals surface area contributed by atoms with Gasteiger partial charge in [-0.3, -0.25) is 4.79 Å². The average molecular weight is 347 g/mol. The molecule has 0 radical (unpaired) electrons. The van der Waals surface area contributed by atoms with Gasteiger partial charge in [-0.25, -0.2) is 0 Å². The number of anilines is 1. The number of rotatable bonds is 4. The van der Waals surface area contributed by atoms with E-state index in [9.17, 15) is 4.79 Å². The second-order valence-electron chi connectivity index (χ2n) is 6.68. The summed E-state index contributed by atoms with van der Waals surface area (Å²) in [4.78, 5) is 12.3. The quantitative estimate of drug-likeness (QED) is 0.727. The number of carbonyl (C=O) groups is 1. The van der Waals surface area contributed by atoms with E-state index < -0.39 is 0 Å². The summed E-state index contributed by atoms with van der Waals surface area (Å²) < 4.78 is 5.76. The lowest BCUT2D eigenvalue weighted by molar-refractivity contribution is -0.120. The van der Waals surface area contributed by atoms with Crippen molar-refractivity contribution in [3.63, 3.8) is 0 Å². The normalized spacial score (nSPS) is 14.9. The first-order valence-electron chi connectivity index (χ1n) is 9.10. The highest BCUT2D eigenvalue weighted by Gasteiger charge is 2.21. The maximum atomic E-state index is 12.3. The van der Waals surface area contributed by atoms with Crippen LogP contribution >= 0.6 is 0 Å². The Labute approximate surface area is 152 Å². The maximum absolute atomic E-state index is 12.3. The van der Waals surface area contributed by atoms with Crippen LogP contribution in [0.25, 0.3) is 22.9 Å². The third-order valence-electron chi connectivity index (χ3n) is 4.82. The molecule has 132 valence electrons. The maximum Gasteiger partial charge on any atom is 0.248 e. The molecule has 5 nitrogen and oxygen atoms in total. The summed E-state index contributed by atoms with van der Waals surface area (Å²) >= 11 is 0. The van der Waals surface area contributed by atoms with Crippen molar-refractivity contribution in [2.45, 2.75) is 32.1 Å². The van der Waals surface area contributed by atoms with E-state index in [1.807, 2.05) is 54.6 Å². The molecule has 0 unspecified atom stereocenters. The van der Waals surface area contributed by atoms with Gasteiger partial charge in [0.15, 0.2) is 0 Å². The van der Waals surface area contributed by atoms with Crippen molar-refractivity contribution in [1.29, 1.82) is 0 Å². The number of nitrogens with zero attached hydrogens (tertiary/aromatic N) is 2. The van der Waals surface area contributed by atoms with Crippen LogP contribution in [0.5, 0.6) is 0 Å². The third-order valence-corrected chi connectivity index (χ3v) is 4.82. The third kappa shape index (κ3) is 3.67. The van der Waals surface area contributed by atoms with Gasteiger partial charge in [-0.05, 0) is 49.2 Å². The van der Waals surface area contributed by atoms with Crippen molar-refractivity contribution in [2.24, 2.45) is 5.92 Å². The predicted octanol–water partition coefficient (Wildman–Crippen LogP) is 4.92. The predicted molar refractivity (Wildman–Crippen MR) is 100 cm³/mol. The molecule has 5 heteroatoms. The monoisotopic (exact) mass is 347 g/mol. The van der Waals surface area contributed by atoms with Gasteiger partial charge in [0.2, 0.25) is 17.7 Å². The minimum absolute atomic E-state index is 0.126. The molecule has 1 aliphatic rings. The summed E-state index contributed by atoms with van der Waals surface area (Å²) in [6.07, 6.45) is 5.53. The molecule has 1 fully saturated rings.